The van der Waals surface area contributed by atoms with Gasteiger partial charge in [-0.3, -0.25) is 0 Å². The number of benzene rings is 1. The van der Waals surface area contributed by atoms with E-state index < -0.39 is 12.0 Å². The standard InChI is InChI=1S/C13H14N2O3/c1-2-18-13(17)12(15-14)11(16)9-8-10-6-4-3-5-7-10/h3-9,11,16H,2H2,1H3/p+1/b9-8-,13-12-. The third kappa shape index (κ3) is 3.92. The Balaban J connectivity index is 2.81. The van der Waals surface area contributed by atoms with Crippen molar-refractivity contribution < 1.29 is 14.9 Å². The summed E-state index contributed by atoms with van der Waals surface area (Å²) >= 11 is 0. The van der Waals surface area contributed by atoms with Gasteiger partial charge in [0.25, 0.3) is 0 Å². The quantitative estimate of drug-likeness (QED) is 0.619. The number of aliphatic hydroxyl groups is 2. The molecule has 0 aromatic heterocycles. The third-order valence-electron chi connectivity index (χ3n) is 2.16. The highest BCUT2D eigenvalue weighted by Crippen LogP contribution is 2.13. The average Bonchev–Trinajstić information content (AvgIpc) is 2.39. The molecule has 0 radical (unpaired) electrons. The SMILES string of the molecule is CCO/C(O)=C(\[N+]#N)C(O)/C=C\c1ccccc1. The van der Waals surface area contributed by atoms with Gasteiger partial charge >= 0.3 is 11.6 Å². The largest absolute Gasteiger partial charge is 0.475 e. The van der Waals surface area contributed by atoms with Gasteiger partial charge < -0.3 is 14.9 Å². The minimum atomic E-state index is -1.25. The summed E-state index contributed by atoms with van der Waals surface area (Å²) in [5, 5.41) is 27.8. The molecule has 1 aromatic rings. The van der Waals surface area contributed by atoms with Crippen LogP contribution in [-0.4, -0.2) is 22.9 Å². The first-order valence-corrected chi connectivity index (χ1v) is 5.51. The fraction of sp³-hybridized carbons (Fsp3) is 0.231. The first kappa shape index (κ1) is 13.7. The Hall–Kier alpha value is -2.32. The maximum absolute atomic E-state index is 9.73. The molecular formula is C13H15N2O3+. The number of ether oxygens (including phenoxy) is 1. The highest BCUT2D eigenvalue weighted by molar-refractivity contribution is 5.50. The molecule has 94 valence electrons. The first-order chi connectivity index (χ1) is 8.69. The minimum Gasteiger partial charge on any atom is -0.475 e. The maximum Gasteiger partial charge on any atom is 0.472 e. The molecule has 5 heteroatoms. The fourth-order valence-corrected chi connectivity index (χ4v) is 1.30. The fourth-order valence-electron chi connectivity index (χ4n) is 1.30. The Kier molecular flexibility index (Phi) is 5.42. The third-order valence-corrected chi connectivity index (χ3v) is 2.16. The molecule has 0 aliphatic heterocycles. The van der Waals surface area contributed by atoms with E-state index in [1.165, 1.54) is 6.08 Å². The Bertz CT molecular complexity index is 475. The normalized spacial score (nSPS) is 13.8. The van der Waals surface area contributed by atoms with E-state index in [1.54, 1.807) is 13.0 Å². The molecule has 0 spiro atoms. The van der Waals surface area contributed by atoms with Crippen molar-refractivity contribution >= 4 is 6.08 Å². The van der Waals surface area contributed by atoms with Gasteiger partial charge in [0.2, 0.25) is 5.39 Å². The zero-order valence-electron chi connectivity index (χ0n) is 10.0. The van der Waals surface area contributed by atoms with Crippen molar-refractivity contribution in [2.75, 3.05) is 6.61 Å². The Morgan fingerprint density at radius 2 is 2.11 bits per heavy atom. The molecule has 1 aromatic carbocycles. The Morgan fingerprint density at radius 3 is 2.67 bits per heavy atom. The Labute approximate surface area is 105 Å². The molecular weight excluding hydrogens is 232 g/mol. The van der Waals surface area contributed by atoms with Gasteiger partial charge in [0, 0.05) is 0 Å². The molecule has 0 saturated heterocycles. The molecule has 0 bridgehead atoms. The lowest BCUT2D eigenvalue weighted by Gasteiger charge is -2.00. The molecule has 1 atom stereocenters. The molecule has 0 saturated carbocycles. The van der Waals surface area contributed by atoms with Gasteiger partial charge in [0.1, 0.15) is 0 Å². The van der Waals surface area contributed by atoms with Gasteiger partial charge in [-0.15, -0.1) is 0 Å². The second-order valence-electron chi connectivity index (χ2n) is 3.44. The summed E-state index contributed by atoms with van der Waals surface area (Å²) in [6.07, 6.45) is 1.79. The van der Waals surface area contributed by atoms with Gasteiger partial charge in [-0.05, 0) is 18.6 Å². The minimum absolute atomic E-state index is 0.208. The monoisotopic (exact) mass is 247 g/mol. The van der Waals surface area contributed by atoms with Crippen molar-refractivity contribution in [2.45, 2.75) is 13.0 Å². The summed E-state index contributed by atoms with van der Waals surface area (Å²) in [7, 11) is 0. The Morgan fingerprint density at radius 1 is 1.44 bits per heavy atom. The lowest BCUT2D eigenvalue weighted by molar-refractivity contribution is 0.0914. The van der Waals surface area contributed by atoms with Crippen molar-refractivity contribution in [2.24, 2.45) is 0 Å². The van der Waals surface area contributed by atoms with Gasteiger partial charge in [-0.25, -0.2) is 0 Å². The van der Waals surface area contributed by atoms with Gasteiger partial charge in [-0.1, -0.05) is 36.4 Å². The zero-order chi connectivity index (χ0) is 13.4. The average molecular weight is 247 g/mol. The number of nitrogens with zero attached hydrogens (tertiary/aromatic N) is 2. The van der Waals surface area contributed by atoms with E-state index in [0.717, 1.165) is 5.56 Å². The predicted octanol–water partition coefficient (Wildman–Crippen LogP) is 2.68. The lowest BCUT2D eigenvalue weighted by Crippen LogP contribution is -2.08. The molecule has 18 heavy (non-hydrogen) atoms. The maximum atomic E-state index is 9.73. The molecule has 0 aliphatic carbocycles. The number of diazo groups is 1. The van der Waals surface area contributed by atoms with Crippen molar-refractivity contribution in [3.05, 3.63) is 58.6 Å². The number of hydrogen-bond donors (Lipinski definition) is 2. The number of aliphatic hydroxyl groups excluding tert-OH is 2. The molecule has 0 amide bonds. The van der Waals surface area contributed by atoms with E-state index >= 15 is 0 Å². The van der Waals surface area contributed by atoms with Crippen LogP contribution in [0.1, 0.15) is 12.5 Å². The number of rotatable bonds is 5. The van der Waals surface area contributed by atoms with E-state index in [4.69, 9.17) is 10.1 Å². The van der Waals surface area contributed by atoms with E-state index in [9.17, 15) is 10.2 Å². The first-order valence-electron chi connectivity index (χ1n) is 5.51. The van der Waals surface area contributed by atoms with Gasteiger partial charge in [0.05, 0.1) is 6.61 Å². The summed E-state index contributed by atoms with van der Waals surface area (Å²) in [4.78, 5) is 2.82. The predicted molar refractivity (Wildman–Crippen MR) is 67.8 cm³/mol. The summed E-state index contributed by atoms with van der Waals surface area (Å²) in [5.41, 5.74) is 0.550. The second kappa shape index (κ2) is 7.09. The lowest BCUT2D eigenvalue weighted by atomic mass is 10.1. The van der Waals surface area contributed by atoms with Crippen LogP contribution in [-0.2, 0) is 4.74 Å². The highest BCUT2D eigenvalue weighted by Gasteiger charge is 2.28. The van der Waals surface area contributed by atoms with E-state index in [1.807, 2.05) is 30.3 Å². The van der Waals surface area contributed by atoms with E-state index in [-0.39, 0.29) is 12.3 Å². The van der Waals surface area contributed by atoms with E-state index in [0.29, 0.717) is 0 Å². The molecule has 2 N–H and O–H groups in total. The summed E-state index contributed by atoms with van der Waals surface area (Å²) in [6.45, 7) is 1.87. The van der Waals surface area contributed by atoms with E-state index in [2.05, 4.69) is 4.98 Å². The van der Waals surface area contributed by atoms with Gasteiger partial charge in [-0.2, -0.15) is 0 Å². The summed E-state index contributed by atoms with van der Waals surface area (Å²) < 4.78 is 4.76. The van der Waals surface area contributed by atoms with Crippen LogP contribution in [0.2, 0.25) is 0 Å². The highest BCUT2D eigenvalue weighted by atomic mass is 16.6. The molecule has 1 unspecified atom stereocenters. The molecule has 0 aliphatic rings. The van der Waals surface area contributed by atoms with Crippen LogP contribution in [0.15, 0.2) is 48.1 Å². The molecule has 1 rings (SSSR count). The van der Waals surface area contributed by atoms with Crippen LogP contribution in [0.25, 0.3) is 11.1 Å². The second-order valence-corrected chi connectivity index (χ2v) is 3.44. The van der Waals surface area contributed by atoms with Gasteiger partial charge in [0.15, 0.2) is 11.1 Å². The van der Waals surface area contributed by atoms with Crippen molar-refractivity contribution in [1.82, 2.24) is 0 Å². The molecule has 0 fully saturated rings. The smallest absolute Gasteiger partial charge is 0.472 e. The summed E-state index contributed by atoms with van der Waals surface area (Å²) in [6, 6.07) is 9.30. The van der Waals surface area contributed by atoms with Crippen LogP contribution in [0.5, 0.6) is 0 Å². The number of hydrogen-bond acceptors (Lipinski definition) is 4. The summed E-state index contributed by atoms with van der Waals surface area (Å²) in [5.74, 6) is -0.592. The van der Waals surface area contributed by atoms with Crippen LogP contribution in [0, 0.1) is 5.39 Å². The van der Waals surface area contributed by atoms with Crippen LogP contribution in [0.4, 0.5) is 0 Å². The topological polar surface area (TPSA) is 77.8 Å². The molecule has 5 nitrogen and oxygen atoms in total. The van der Waals surface area contributed by atoms with Crippen molar-refractivity contribution in [3.63, 3.8) is 0 Å². The van der Waals surface area contributed by atoms with Crippen LogP contribution in [0.3, 0.4) is 0 Å². The van der Waals surface area contributed by atoms with Crippen LogP contribution >= 0.6 is 0 Å². The van der Waals surface area contributed by atoms with Crippen LogP contribution < -0.4 is 0 Å². The van der Waals surface area contributed by atoms with Crippen molar-refractivity contribution in [1.29, 1.82) is 5.39 Å². The zero-order valence-corrected chi connectivity index (χ0v) is 10.0. The van der Waals surface area contributed by atoms with Crippen molar-refractivity contribution in [3.8, 4) is 0 Å². The molecule has 0 heterocycles.